The summed E-state index contributed by atoms with van der Waals surface area (Å²) in [7, 11) is 1.65. The summed E-state index contributed by atoms with van der Waals surface area (Å²) in [5.41, 5.74) is 3.45. The van der Waals surface area contributed by atoms with Crippen LogP contribution in [0.2, 0.25) is 0 Å². The largest absolute Gasteiger partial charge is 0.496 e. The molecule has 1 aromatic rings. The van der Waals surface area contributed by atoms with Crippen molar-refractivity contribution in [2.24, 2.45) is 0 Å². The number of hydrogen-bond acceptors (Lipinski definition) is 2. The van der Waals surface area contributed by atoms with Crippen LogP contribution in [0.3, 0.4) is 0 Å². The van der Waals surface area contributed by atoms with Crippen molar-refractivity contribution < 1.29 is 9.84 Å². The summed E-state index contributed by atoms with van der Waals surface area (Å²) in [5, 5.41) is 10.4. The Morgan fingerprint density at radius 1 is 1.33 bits per heavy atom. The molecule has 2 rings (SSSR count). The van der Waals surface area contributed by atoms with Gasteiger partial charge in [0.25, 0.3) is 0 Å². The Balaban J connectivity index is 2.14. The van der Waals surface area contributed by atoms with E-state index in [1.807, 2.05) is 25.1 Å². The summed E-state index contributed by atoms with van der Waals surface area (Å²) in [4.78, 5) is 0. The Labute approximate surface area is 109 Å². The summed E-state index contributed by atoms with van der Waals surface area (Å²) >= 11 is 0. The molecular formula is C16H22O2. The minimum atomic E-state index is -0.454. The summed E-state index contributed by atoms with van der Waals surface area (Å²) < 4.78 is 5.33. The SMILES string of the molecule is COc1ccc(C)cc1C(O)CC1=CCCCC1. The van der Waals surface area contributed by atoms with Gasteiger partial charge in [0.2, 0.25) is 0 Å². The van der Waals surface area contributed by atoms with Gasteiger partial charge in [-0.1, -0.05) is 23.3 Å². The zero-order valence-electron chi connectivity index (χ0n) is 11.3. The van der Waals surface area contributed by atoms with Crippen molar-refractivity contribution in [2.45, 2.75) is 45.1 Å². The lowest BCUT2D eigenvalue weighted by Crippen LogP contribution is -2.04. The molecule has 0 amide bonds. The molecule has 0 aromatic heterocycles. The van der Waals surface area contributed by atoms with Gasteiger partial charge in [0.1, 0.15) is 5.75 Å². The first-order chi connectivity index (χ1) is 8.70. The summed E-state index contributed by atoms with van der Waals surface area (Å²) in [6.45, 7) is 2.04. The molecule has 98 valence electrons. The van der Waals surface area contributed by atoms with Crippen molar-refractivity contribution in [3.63, 3.8) is 0 Å². The lowest BCUT2D eigenvalue weighted by molar-refractivity contribution is 0.172. The number of methoxy groups -OCH3 is 1. The Morgan fingerprint density at radius 3 is 2.83 bits per heavy atom. The number of allylic oxidation sites excluding steroid dienone is 1. The third kappa shape index (κ3) is 3.14. The summed E-state index contributed by atoms with van der Waals surface area (Å²) in [5.74, 6) is 0.782. The molecule has 0 radical (unpaired) electrons. The number of benzene rings is 1. The Kier molecular flexibility index (Phi) is 4.43. The van der Waals surface area contributed by atoms with E-state index in [4.69, 9.17) is 4.74 Å². The first-order valence-electron chi connectivity index (χ1n) is 6.71. The number of ether oxygens (including phenoxy) is 1. The second kappa shape index (κ2) is 6.05. The molecule has 0 aliphatic heterocycles. The fraction of sp³-hybridized carbons (Fsp3) is 0.500. The monoisotopic (exact) mass is 246 g/mol. The predicted molar refractivity (Wildman–Crippen MR) is 73.9 cm³/mol. The van der Waals surface area contributed by atoms with Crippen molar-refractivity contribution in [2.75, 3.05) is 7.11 Å². The molecule has 1 aliphatic rings. The molecule has 2 heteroatoms. The van der Waals surface area contributed by atoms with Gasteiger partial charge in [-0.15, -0.1) is 0 Å². The predicted octanol–water partition coefficient (Wildman–Crippen LogP) is 3.93. The molecule has 1 aliphatic carbocycles. The minimum absolute atomic E-state index is 0.454. The van der Waals surface area contributed by atoms with Crippen molar-refractivity contribution >= 4 is 0 Å². The van der Waals surface area contributed by atoms with E-state index in [9.17, 15) is 5.11 Å². The highest BCUT2D eigenvalue weighted by Crippen LogP contribution is 2.32. The number of aryl methyl sites for hydroxylation is 1. The van der Waals surface area contributed by atoms with Gasteiger partial charge in [0.05, 0.1) is 13.2 Å². The minimum Gasteiger partial charge on any atom is -0.496 e. The average Bonchev–Trinajstić information content (AvgIpc) is 2.40. The second-order valence-corrected chi connectivity index (χ2v) is 5.07. The number of hydrogen-bond donors (Lipinski definition) is 1. The Morgan fingerprint density at radius 2 is 2.17 bits per heavy atom. The molecule has 0 heterocycles. The van der Waals surface area contributed by atoms with Gasteiger partial charge in [0.15, 0.2) is 0 Å². The first-order valence-corrected chi connectivity index (χ1v) is 6.71. The number of rotatable bonds is 4. The molecule has 1 unspecified atom stereocenters. The molecule has 0 spiro atoms. The van der Waals surface area contributed by atoms with E-state index < -0.39 is 6.10 Å². The second-order valence-electron chi connectivity index (χ2n) is 5.07. The molecule has 1 atom stereocenters. The topological polar surface area (TPSA) is 29.5 Å². The van der Waals surface area contributed by atoms with Crippen molar-refractivity contribution in [3.8, 4) is 5.75 Å². The van der Waals surface area contributed by atoms with Crippen LogP contribution in [0.15, 0.2) is 29.8 Å². The fourth-order valence-electron chi connectivity index (χ4n) is 2.56. The zero-order valence-corrected chi connectivity index (χ0v) is 11.3. The van der Waals surface area contributed by atoms with Gasteiger partial charge in [-0.3, -0.25) is 0 Å². The fourth-order valence-corrected chi connectivity index (χ4v) is 2.56. The van der Waals surface area contributed by atoms with Crippen LogP contribution in [0.4, 0.5) is 0 Å². The summed E-state index contributed by atoms with van der Waals surface area (Å²) in [6, 6.07) is 5.96. The molecule has 1 N–H and O–H groups in total. The molecule has 0 fully saturated rings. The molecule has 1 aromatic carbocycles. The molecule has 0 saturated heterocycles. The van der Waals surface area contributed by atoms with Crippen LogP contribution in [0, 0.1) is 6.92 Å². The first kappa shape index (κ1) is 13.2. The number of aliphatic hydroxyl groups is 1. The van der Waals surface area contributed by atoms with Gasteiger partial charge >= 0.3 is 0 Å². The maximum absolute atomic E-state index is 10.4. The van der Waals surface area contributed by atoms with E-state index >= 15 is 0 Å². The van der Waals surface area contributed by atoms with Crippen LogP contribution in [0.1, 0.15) is 49.3 Å². The van der Waals surface area contributed by atoms with Crippen LogP contribution in [-0.2, 0) is 0 Å². The lowest BCUT2D eigenvalue weighted by atomic mass is 9.92. The normalized spacial score (nSPS) is 17.2. The molecule has 2 nitrogen and oxygen atoms in total. The van der Waals surface area contributed by atoms with Crippen molar-refractivity contribution in [3.05, 3.63) is 41.0 Å². The van der Waals surface area contributed by atoms with Crippen molar-refractivity contribution in [1.82, 2.24) is 0 Å². The maximum Gasteiger partial charge on any atom is 0.124 e. The molecule has 0 saturated carbocycles. The van der Waals surface area contributed by atoms with Gasteiger partial charge in [-0.05, 0) is 51.2 Å². The van der Waals surface area contributed by atoms with Crippen LogP contribution >= 0.6 is 0 Å². The Hall–Kier alpha value is -1.28. The highest BCUT2D eigenvalue weighted by Gasteiger charge is 2.16. The highest BCUT2D eigenvalue weighted by molar-refractivity contribution is 5.39. The van der Waals surface area contributed by atoms with E-state index in [1.54, 1.807) is 7.11 Å². The standard InChI is InChI=1S/C16H22O2/c1-12-8-9-16(18-2)14(10-12)15(17)11-13-6-4-3-5-7-13/h6,8-10,15,17H,3-5,7,11H2,1-2H3. The van der Waals surface area contributed by atoms with Crippen molar-refractivity contribution in [1.29, 1.82) is 0 Å². The molecule has 18 heavy (non-hydrogen) atoms. The van der Waals surface area contributed by atoms with Gasteiger partial charge in [0, 0.05) is 5.56 Å². The molecular weight excluding hydrogens is 224 g/mol. The van der Waals surface area contributed by atoms with Crippen LogP contribution < -0.4 is 4.74 Å². The third-order valence-electron chi connectivity index (χ3n) is 3.58. The van der Waals surface area contributed by atoms with Gasteiger partial charge < -0.3 is 9.84 Å². The number of aliphatic hydroxyl groups excluding tert-OH is 1. The van der Waals surface area contributed by atoms with E-state index in [1.165, 1.54) is 18.4 Å². The van der Waals surface area contributed by atoms with Crippen LogP contribution in [0.25, 0.3) is 0 Å². The lowest BCUT2D eigenvalue weighted by Gasteiger charge is -2.19. The third-order valence-corrected chi connectivity index (χ3v) is 3.58. The average molecular weight is 246 g/mol. The van der Waals surface area contributed by atoms with Gasteiger partial charge in [-0.25, -0.2) is 0 Å². The quantitative estimate of drug-likeness (QED) is 0.816. The zero-order chi connectivity index (χ0) is 13.0. The maximum atomic E-state index is 10.4. The summed E-state index contributed by atoms with van der Waals surface area (Å²) in [6.07, 6.45) is 7.40. The van der Waals surface area contributed by atoms with Gasteiger partial charge in [-0.2, -0.15) is 0 Å². The van der Waals surface area contributed by atoms with E-state index in [2.05, 4.69) is 6.08 Å². The van der Waals surface area contributed by atoms with Crippen LogP contribution in [-0.4, -0.2) is 12.2 Å². The van der Waals surface area contributed by atoms with E-state index in [0.29, 0.717) is 0 Å². The van der Waals surface area contributed by atoms with Crippen LogP contribution in [0.5, 0.6) is 5.75 Å². The smallest absolute Gasteiger partial charge is 0.124 e. The van der Waals surface area contributed by atoms with E-state index in [0.717, 1.165) is 36.1 Å². The Bertz CT molecular complexity index is 435. The highest BCUT2D eigenvalue weighted by atomic mass is 16.5. The van der Waals surface area contributed by atoms with E-state index in [-0.39, 0.29) is 0 Å². The molecule has 0 bridgehead atoms.